The third-order valence-electron chi connectivity index (χ3n) is 2.03. The molecule has 5 heteroatoms. The number of aryl methyl sites for hydroxylation is 1. The second-order valence-electron chi connectivity index (χ2n) is 3.28. The molecule has 0 radical (unpaired) electrons. The average Bonchev–Trinajstić information content (AvgIpc) is 2.26. The van der Waals surface area contributed by atoms with Gasteiger partial charge in [0.25, 0.3) is 0 Å². The van der Waals surface area contributed by atoms with E-state index in [0.29, 0.717) is 11.4 Å². The molecule has 0 aliphatic carbocycles. The van der Waals surface area contributed by atoms with Gasteiger partial charge < -0.3 is 10.5 Å². The zero-order chi connectivity index (χ0) is 11.5. The van der Waals surface area contributed by atoms with E-state index in [4.69, 9.17) is 10.5 Å². The molecular formula is C11H10FN3O. The first-order valence-electron chi connectivity index (χ1n) is 4.67. The Morgan fingerprint density at radius 2 is 1.94 bits per heavy atom. The predicted molar refractivity (Wildman–Crippen MR) is 57.7 cm³/mol. The lowest BCUT2D eigenvalue weighted by Crippen LogP contribution is -1.97. The number of anilines is 1. The molecule has 0 fully saturated rings. The van der Waals surface area contributed by atoms with Crippen molar-refractivity contribution >= 4 is 5.69 Å². The van der Waals surface area contributed by atoms with Crippen LogP contribution in [0.5, 0.6) is 11.8 Å². The lowest BCUT2D eigenvalue weighted by molar-refractivity contribution is 0.435. The molecule has 1 heterocycles. The smallest absolute Gasteiger partial charge is 0.322 e. The summed E-state index contributed by atoms with van der Waals surface area (Å²) in [5, 5.41) is 0. The number of nitrogen functional groups attached to an aromatic ring is 1. The van der Waals surface area contributed by atoms with Crippen molar-refractivity contribution in [3.63, 3.8) is 0 Å². The summed E-state index contributed by atoms with van der Waals surface area (Å²) in [6.45, 7) is 1.86. The number of aromatic nitrogens is 2. The van der Waals surface area contributed by atoms with E-state index in [2.05, 4.69) is 9.97 Å². The van der Waals surface area contributed by atoms with Gasteiger partial charge in [-0.3, -0.25) is 0 Å². The molecule has 1 aromatic heterocycles. The Kier molecular flexibility index (Phi) is 2.68. The minimum atomic E-state index is -0.509. The van der Waals surface area contributed by atoms with Gasteiger partial charge in [0, 0.05) is 0 Å². The van der Waals surface area contributed by atoms with Crippen molar-refractivity contribution < 1.29 is 9.13 Å². The highest BCUT2D eigenvalue weighted by Crippen LogP contribution is 2.28. The average molecular weight is 219 g/mol. The second-order valence-corrected chi connectivity index (χ2v) is 3.28. The molecule has 2 aromatic rings. The van der Waals surface area contributed by atoms with Crippen LogP contribution in [0.15, 0.2) is 30.6 Å². The van der Waals surface area contributed by atoms with Crippen molar-refractivity contribution in [3.8, 4) is 11.8 Å². The first-order valence-corrected chi connectivity index (χ1v) is 4.67. The van der Waals surface area contributed by atoms with Gasteiger partial charge in [-0.2, -0.15) is 0 Å². The number of benzene rings is 1. The molecule has 0 amide bonds. The van der Waals surface area contributed by atoms with Crippen molar-refractivity contribution in [2.45, 2.75) is 6.92 Å². The van der Waals surface area contributed by atoms with Crippen molar-refractivity contribution in [3.05, 3.63) is 42.0 Å². The fourth-order valence-electron chi connectivity index (χ4n) is 1.26. The fourth-order valence-corrected chi connectivity index (χ4v) is 1.26. The van der Waals surface area contributed by atoms with Gasteiger partial charge in [-0.25, -0.2) is 14.4 Å². The number of para-hydroxylation sites is 1. The molecule has 2 N–H and O–H groups in total. The van der Waals surface area contributed by atoms with Crippen molar-refractivity contribution in [2.75, 3.05) is 5.73 Å². The Morgan fingerprint density at radius 3 is 2.56 bits per heavy atom. The number of nitrogens with two attached hydrogens (primary N) is 1. The highest BCUT2D eigenvalue weighted by Gasteiger charge is 2.07. The van der Waals surface area contributed by atoms with Crippen LogP contribution in [-0.4, -0.2) is 9.97 Å². The SMILES string of the molecule is Cc1cccc(N)c1Oc1ncc(F)cn1. The topological polar surface area (TPSA) is 61.0 Å². The molecule has 0 unspecified atom stereocenters. The summed E-state index contributed by atoms with van der Waals surface area (Å²) in [4.78, 5) is 7.38. The van der Waals surface area contributed by atoms with Crippen LogP contribution in [0.2, 0.25) is 0 Å². The van der Waals surface area contributed by atoms with E-state index in [0.717, 1.165) is 18.0 Å². The Labute approximate surface area is 91.9 Å². The van der Waals surface area contributed by atoms with Crippen molar-refractivity contribution in [2.24, 2.45) is 0 Å². The highest BCUT2D eigenvalue weighted by molar-refractivity contribution is 5.57. The largest absolute Gasteiger partial charge is 0.422 e. The van der Waals surface area contributed by atoms with Crippen LogP contribution in [0.25, 0.3) is 0 Å². The van der Waals surface area contributed by atoms with Crippen LogP contribution in [0.4, 0.5) is 10.1 Å². The lowest BCUT2D eigenvalue weighted by atomic mass is 10.2. The predicted octanol–water partition coefficient (Wildman–Crippen LogP) is 2.30. The summed E-state index contributed by atoms with van der Waals surface area (Å²) in [7, 11) is 0. The van der Waals surface area contributed by atoms with E-state index in [-0.39, 0.29) is 6.01 Å². The molecule has 0 saturated heterocycles. The van der Waals surface area contributed by atoms with E-state index in [1.807, 2.05) is 19.1 Å². The van der Waals surface area contributed by atoms with Crippen LogP contribution in [0.1, 0.15) is 5.56 Å². The summed E-state index contributed by atoms with van der Waals surface area (Å²) in [5.41, 5.74) is 7.11. The third-order valence-corrected chi connectivity index (χ3v) is 2.03. The molecule has 4 nitrogen and oxygen atoms in total. The van der Waals surface area contributed by atoms with Gasteiger partial charge in [0.05, 0.1) is 18.1 Å². The minimum absolute atomic E-state index is 0.0717. The molecule has 0 spiro atoms. The van der Waals surface area contributed by atoms with Gasteiger partial charge in [0.15, 0.2) is 11.6 Å². The summed E-state index contributed by atoms with van der Waals surface area (Å²) in [6.07, 6.45) is 2.08. The number of hydrogen-bond donors (Lipinski definition) is 1. The van der Waals surface area contributed by atoms with E-state index < -0.39 is 5.82 Å². The quantitative estimate of drug-likeness (QED) is 0.787. The molecule has 0 saturated carbocycles. The first kappa shape index (κ1) is 10.4. The maximum atomic E-state index is 12.6. The minimum Gasteiger partial charge on any atom is -0.422 e. The highest BCUT2D eigenvalue weighted by atomic mass is 19.1. The molecule has 1 aromatic carbocycles. The number of rotatable bonds is 2. The zero-order valence-corrected chi connectivity index (χ0v) is 8.64. The van der Waals surface area contributed by atoms with Crippen LogP contribution >= 0.6 is 0 Å². The van der Waals surface area contributed by atoms with Gasteiger partial charge in [-0.05, 0) is 18.6 Å². The molecule has 0 atom stereocenters. The molecular weight excluding hydrogens is 209 g/mol. The summed E-state index contributed by atoms with van der Waals surface area (Å²) in [5.74, 6) is -0.0146. The number of ether oxygens (including phenoxy) is 1. The fraction of sp³-hybridized carbons (Fsp3) is 0.0909. The van der Waals surface area contributed by atoms with Gasteiger partial charge in [-0.15, -0.1) is 0 Å². The van der Waals surface area contributed by atoms with Crippen molar-refractivity contribution in [1.29, 1.82) is 0 Å². The van der Waals surface area contributed by atoms with Crippen LogP contribution in [0.3, 0.4) is 0 Å². The monoisotopic (exact) mass is 219 g/mol. The Hall–Kier alpha value is -2.17. The van der Waals surface area contributed by atoms with Crippen LogP contribution < -0.4 is 10.5 Å². The maximum Gasteiger partial charge on any atom is 0.322 e. The third kappa shape index (κ3) is 2.08. The lowest BCUT2D eigenvalue weighted by Gasteiger charge is -2.08. The summed E-state index contributed by atoms with van der Waals surface area (Å²) in [6, 6.07) is 5.46. The summed E-state index contributed by atoms with van der Waals surface area (Å²) >= 11 is 0. The number of nitrogens with zero attached hydrogens (tertiary/aromatic N) is 2. The maximum absolute atomic E-state index is 12.6. The number of hydrogen-bond acceptors (Lipinski definition) is 4. The van der Waals surface area contributed by atoms with E-state index in [1.54, 1.807) is 6.07 Å². The van der Waals surface area contributed by atoms with Crippen LogP contribution in [0, 0.1) is 12.7 Å². The first-order chi connectivity index (χ1) is 7.66. The van der Waals surface area contributed by atoms with E-state index in [9.17, 15) is 4.39 Å². The van der Waals surface area contributed by atoms with Gasteiger partial charge >= 0.3 is 6.01 Å². The van der Waals surface area contributed by atoms with E-state index in [1.165, 1.54) is 0 Å². The van der Waals surface area contributed by atoms with Gasteiger partial charge in [0.2, 0.25) is 0 Å². The van der Waals surface area contributed by atoms with E-state index >= 15 is 0 Å². The molecule has 16 heavy (non-hydrogen) atoms. The van der Waals surface area contributed by atoms with Crippen molar-refractivity contribution in [1.82, 2.24) is 9.97 Å². The Bertz CT molecular complexity index is 479. The molecule has 0 aliphatic heterocycles. The van der Waals surface area contributed by atoms with Gasteiger partial charge in [0.1, 0.15) is 0 Å². The number of halogens is 1. The molecule has 0 bridgehead atoms. The summed E-state index contributed by atoms with van der Waals surface area (Å²) < 4.78 is 18.0. The Morgan fingerprint density at radius 1 is 1.25 bits per heavy atom. The molecule has 0 aliphatic rings. The van der Waals surface area contributed by atoms with Gasteiger partial charge in [-0.1, -0.05) is 12.1 Å². The zero-order valence-electron chi connectivity index (χ0n) is 8.64. The van der Waals surface area contributed by atoms with Crippen LogP contribution in [-0.2, 0) is 0 Å². The second kappa shape index (κ2) is 4.14. The molecule has 2 rings (SSSR count). The Balaban J connectivity index is 2.30. The normalized spacial score (nSPS) is 10.1. The standard InChI is InChI=1S/C11H10FN3O/c1-7-3-2-4-9(13)10(7)16-11-14-5-8(12)6-15-11/h2-6H,13H2,1H3. The molecule has 82 valence electrons.